The Labute approximate surface area is 142 Å². The summed E-state index contributed by atoms with van der Waals surface area (Å²) in [4.78, 5) is 27.5. The summed E-state index contributed by atoms with van der Waals surface area (Å²) >= 11 is 0. The van der Waals surface area contributed by atoms with Gasteiger partial charge >= 0.3 is 6.09 Å². The fourth-order valence-electron chi connectivity index (χ4n) is 2.49. The maximum atomic E-state index is 12.3. The highest BCUT2D eigenvalue weighted by atomic mass is 32.2. The molecular weight excluding hydrogens is 332 g/mol. The van der Waals surface area contributed by atoms with Gasteiger partial charge in [-0.1, -0.05) is 12.1 Å². The Morgan fingerprint density at radius 1 is 1.04 bits per heavy atom. The first kappa shape index (κ1) is 18.3. The number of rotatable bonds is 4. The number of amides is 2. The van der Waals surface area contributed by atoms with Gasteiger partial charge in [0.1, 0.15) is 0 Å². The van der Waals surface area contributed by atoms with E-state index < -0.39 is 9.84 Å². The third-order valence-corrected chi connectivity index (χ3v) is 4.99. The van der Waals surface area contributed by atoms with Crippen molar-refractivity contribution in [2.24, 2.45) is 0 Å². The minimum atomic E-state index is -3.23. The van der Waals surface area contributed by atoms with Gasteiger partial charge < -0.3 is 14.5 Å². The zero-order valence-electron chi connectivity index (χ0n) is 13.9. The van der Waals surface area contributed by atoms with Crippen LogP contribution in [-0.2, 0) is 25.8 Å². The summed E-state index contributed by atoms with van der Waals surface area (Å²) in [6.45, 7) is 3.95. The van der Waals surface area contributed by atoms with Gasteiger partial charge in [0, 0.05) is 32.4 Å². The largest absolute Gasteiger partial charge is 0.450 e. The summed E-state index contributed by atoms with van der Waals surface area (Å²) in [5, 5.41) is 0. The number of piperazine rings is 1. The van der Waals surface area contributed by atoms with E-state index in [2.05, 4.69) is 0 Å². The van der Waals surface area contributed by atoms with Gasteiger partial charge in [-0.3, -0.25) is 4.79 Å². The predicted octanol–water partition coefficient (Wildman–Crippen LogP) is 0.933. The van der Waals surface area contributed by atoms with Crippen LogP contribution < -0.4 is 0 Å². The number of sulfone groups is 1. The Kier molecular flexibility index (Phi) is 5.82. The van der Waals surface area contributed by atoms with Crippen molar-refractivity contribution in [3.8, 4) is 0 Å². The molecule has 1 aromatic rings. The first-order valence-corrected chi connectivity index (χ1v) is 9.69. The first-order chi connectivity index (χ1) is 11.3. The van der Waals surface area contributed by atoms with Crippen molar-refractivity contribution in [2.45, 2.75) is 18.2 Å². The smallest absolute Gasteiger partial charge is 0.409 e. The van der Waals surface area contributed by atoms with E-state index in [0.717, 1.165) is 11.8 Å². The summed E-state index contributed by atoms with van der Waals surface area (Å²) in [6.07, 6.45) is 1.01. The van der Waals surface area contributed by atoms with Gasteiger partial charge in [-0.25, -0.2) is 13.2 Å². The van der Waals surface area contributed by atoms with Crippen LogP contribution in [0.1, 0.15) is 12.5 Å². The topological polar surface area (TPSA) is 84.0 Å². The molecule has 0 saturated carbocycles. The summed E-state index contributed by atoms with van der Waals surface area (Å²) < 4.78 is 27.8. The Morgan fingerprint density at radius 2 is 1.58 bits per heavy atom. The van der Waals surface area contributed by atoms with E-state index in [0.29, 0.717) is 32.8 Å². The molecule has 1 aromatic carbocycles. The van der Waals surface area contributed by atoms with E-state index >= 15 is 0 Å². The van der Waals surface area contributed by atoms with Crippen molar-refractivity contribution in [3.05, 3.63) is 29.8 Å². The highest BCUT2D eigenvalue weighted by Crippen LogP contribution is 2.12. The quantitative estimate of drug-likeness (QED) is 0.803. The van der Waals surface area contributed by atoms with Gasteiger partial charge in [-0.15, -0.1) is 0 Å². The van der Waals surface area contributed by atoms with E-state index in [1.54, 1.807) is 28.9 Å². The minimum absolute atomic E-state index is 0.0365. The highest BCUT2D eigenvalue weighted by molar-refractivity contribution is 7.90. The Hall–Kier alpha value is -2.09. The van der Waals surface area contributed by atoms with Crippen LogP contribution in [0.15, 0.2) is 29.2 Å². The molecule has 1 fully saturated rings. The molecule has 0 atom stereocenters. The molecule has 0 N–H and O–H groups in total. The number of carbonyl (C=O) groups excluding carboxylic acids is 2. The second-order valence-corrected chi connectivity index (χ2v) is 7.68. The molecule has 1 saturated heterocycles. The van der Waals surface area contributed by atoms with Crippen LogP contribution in [0.2, 0.25) is 0 Å². The summed E-state index contributed by atoms with van der Waals surface area (Å²) in [5.74, 6) is -0.0365. The lowest BCUT2D eigenvalue weighted by Gasteiger charge is -2.34. The van der Waals surface area contributed by atoms with Crippen molar-refractivity contribution in [3.63, 3.8) is 0 Å². The van der Waals surface area contributed by atoms with E-state index in [1.807, 2.05) is 0 Å². The molecule has 7 nitrogen and oxygen atoms in total. The number of benzene rings is 1. The van der Waals surface area contributed by atoms with E-state index in [4.69, 9.17) is 4.74 Å². The lowest BCUT2D eigenvalue weighted by Crippen LogP contribution is -2.51. The number of carbonyl (C=O) groups is 2. The maximum Gasteiger partial charge on any atom is 0.409 e. The van der Waals surface area contributed by atoms with E-state index in [1.165, 1.54) is 12.1 Å². The van der Waals surface area contributed by atoms with Gasteiger partial charge in [0.25, 0.3) is 0 Å². The van der Waals surface area contributed by atoms with Gasteiger partial charge in [-0.05, 0) is 24.6 Å². The van der Waals surface area contributed by atoms with Crippen molar-refractivity contribution in [2.75, 3.05) is 39.0 Å². The van der Waals surface area contributed by atoms with Crippen molar-refractivity contribution >= 4 is 21.8 Å². The average molecular weight is 354 g/mol. The SMILES string of the molecule is CCOC(=O)N1CCN(C(=O)Cc2ccc(S(C)(=O)=O)cc2)CC1. The van der Waals surface area contributed by atoms with E-state index in [-0.39, 0.29) is 23.3 Å². The van der Waals surface area contributed by atoms with Crippen LogP contribution >= 0.6 is 0 Å². The van der Waals surface area contributed by atoms with Gasteiger partial charge in [0.15, 0.2) is 9.84 Å². The third-order valence-electron chi connectivity index (χ3n) is 3.87. The highest BCUT2D eigenvalue weighted by Gasteiger charge is 2.24. The first-order valence-electron chi connectivity index (χ1n) is 7.79. The van der Waals surface area contributed by atoms with Gasteiger partial charge in [0.2, 0.25) is 5.91 Å². The molecule has 1 aliphatic rings. The lowest BCUT2D eigenvalue weighted by molar-refractivity contribution is -0.132. The molecule has 2 amide bonds. The fourth-order valence-corrected chi connectivity index (χ4v) is 3.12. The molecule has 24 heavy (non-hydrogen) atoms. The van der Waals surface area contributed by atoms with Crippen LogP contribution in [0.5, 0.6) is 0 Å². The number of hydrogen-bond acceptors (Lipinski definition) is 5. The molecule has 0 aliphatic carbocycles. The van der Waals surface area contributed by atoms with Crippen LogP contribution in [0.4, 0.5) is 4.79 Å². The minimum Gasteiger partial charge on any atom is -0.450 e. The molecule has 132 valence electrons. The number of ether oxygens (including phenoxy) is 1. The van der Waals surface area contributed by atoms with Crippen molar-refractivity contribution in [1.29, 1.82) is 0 Å². The van der Waals surface area contributed by atoms with Crippen LogP contribution in [0, 0.1) is 0 Å². The standard InChI is InChI=1S/C16H22N2O5S/c1-3-23-16(20)18-10-8-17(9-11-18)15(19)12-13-4-6-14(7-5-13)24(2,21)22/h4-7H,3,8-12H2,1-2H3. The second-order valence-electron chi connectivity index (χ2n) is 5.66. The molecule has 0 radical (unpaired) electrons. The average Bonchev–Trinajstić information content (AvgIpc) is 2.55. The van der Waals surface area contributed by atoms with E-state index in [9.17, 15) is 18.0 Å². The predicted molar refractivity (Wildman–Crippen MR) is 88.4 cm³/mol. The Morgan fingerprint density at radius 3 is 2.08 bits per heavy atom. The zero-order valence-corrected chi connectivity index (χ0v) is 14.7. The normalized spacial score (nSPS) is 15.2. The Balaban J connectivity index is 1.89. The number of hydrogen-bond donors (Lipinski definition) is 0. The van der Waals surface area contributed by atoms with Crippen LogP contribution in [0.3, 0.4) is 0 Å². The summed E-state index contributed by atoms with van der Waals surface area (Å²) in [7, 11) is -3.23. The molecule has 0 spiro atoms. The lowest BCUT2D eigenvalue weighted by atomic mass is 10.1. The fraction of sp³-hybridized carbons (Fsp3) is 0.500. The molecule has 1 heterocycles. The molecule has 8 heteroatoms. The molecule has 0 bridgehead atoms. The van der Waals surface area contributed by atoms with Gasteiger partial charge in [-0.2, -0.15) is 0 Å². The summed E-state index contributed by atoms with van der Waals surface area (Å²) in [5.41, 5.74) is 0.764. The molecule has 1 aliphatic heterocycles. The number of nitrogens with zero attached hydrogens (tertiary/aromatic N) is 2. The maximum absolute atomic E-state index is 12.3. The van der Waals surface area contributed by atoms with Crippen LogP contribution in [0.25, 0.3) is 0 Å². The second kappa shape index (κ2) is 7.65. The third kappa shape index (κ3) is 4.70. The zero-order chi connectivity index (χ0) is 17.7. The van der Waals surface area contributed by atoms with Crippen molar-refractivity contribution < 1.29 is 22.7 Å². The summed E-state index contributed by atoms with van der Waals surface area (Å²) in [6, 6.07) is 6.33. The van der Waals surface area contributed by atoms with Gasteiger partial charge in [0.05, 0.1) is 17.9 Å². The monoisotopic (exact) mass is 354 g/mol. The molecule has 2 rings (SSSR count). The molecule has 0 aromatic heterocycles. The molecular formula is C16H22N2O5S. The molecule has 0 unspecified atom stereocenters. The Bertz CT molecular complexity index is 692. The van der Waals surface area contributed by atoms with Crippen molar-refractivity contribution in [1.82, 2.24) is 9.80 Å². The van der Waals surface area contributed by atoms with Crippen LogP contribution in [-0.4, -0.2) is 69.3 Å².